The van der Waals surface area contributed by atoms with Crippen LogP contribution in [0.1, 0.15) is 11.7 Å². The van der Waals surface area contributed by atoms with Crippen molar-refractivity contribution in [1.82, 2.24) is 4.98 Å². The highest BCUT2D eigenvalue weighted by atomic mass is 16.5. The zero-order chi connectivity index (χ0) is 11.5. The van der Waals surface area contributed by atoms with Crippen LogP contribution in [0.25, 0.3) is 10.9 Å². The van der Waals surface area contributed by atoms with E-state index >= 15 is 0 Å². The van der Waals surface area contributed by atoms with Crippen LogP contribution in [-0.2, 0) is 0 Å². The van der Waals surface area contributed by atoms with E-state index in [1.54, 1.807) is 0 Å². The van der Waals surface area contributed by atoms with Crippen molar-refractivity contribution in [1.29, 1.82) is 0 Å². The highest BCUT2D eigenvalue weighted by Crippen LogP contribution is 2.26. The van der Waals surface area contributed by atoms with Gasteiger partial charge in [-0.05, 0) is 12.1 Å². The number of hydrogen-bond acceptors (Lipinski definition) is 4. The lowest BCUT2D eigenvalue weighted by molar-refractivity contribution is 0.181. The lowest BCUT2D eigenvalue weighted by Gasteiger charge is -2.13. The fourth-order valence-electron chi connectivity index (χ4n) is 1.64. The Morgan fingerprint density at radius 3 is 2.88 bits per heavy atom. The van der Waals surface area contributed by atoms with Crippen LogP contribution in [0, 0.1) is 0 Å². The quantitative estimate of drug-likeness (QED) is 0.813. The first-order valence-corrected chi connectivity index (χ1v) is 5.08. The summed E-state index contributed by atoms with van der Waals surface area (Å²) in [4.78, 5) is 4.32. The van der Waals surface area contributed by atoms with Crippen molar-refractivity contribution in [3.63, 3.8) is 0 Å². The van der Waals surface area contributed by atoms with Crippen LogP contribution in [0.15, 0.2) is 30.3 Å². The minimum absolute atomic E-state index is 0.149. The summed E-state index contributed by atoms with van der Waals surface area (Å²) in [6, 6.07) is 9.53. The lowest BCUT2D eigenvalue weighted by Crippen LogP contribution is -2.13. The van der Waals surface area contributed by atoms with E-state index in [0.717, 1.165) is 10.9 Å². The molecule has 0 saturated carbocycles. The molecule has 0 radical (unpaired) electrons. The van der Waals surface area contributed by atoms with Crippen LogP contribution in [-0.4, -0.2) is 23.7 Å². The molecule has 0 bridgehead atoms. The first-order valence-electron chi connectivity index (χ1n) is 5.08. The fourth-order valence-corrected chi connectivity index (χ4v) is 1.64. The number of nitrogens with two attached hydrogens (primary N) is 1. The predicted octanol–water partition coefficient (Wildman–Crippen LogP) is 1.24. The number of nitrogens with zero attached hydrogens (tertiary/aromatic N) is 1. The van der Waals surface area contributed by atoms with Gasteiger partial charge in [-0.15, -0.1) is 0 Å². The molecule has 0 aliphatic carbocycles. The molecule has 2 rings (SSSR count). The Hall–Kier alpha value is -1.65. The number of pyridine rings is 1. The Morgan fingerprint density at radius 2 is 2.19 bits per heavy atom. The van der Waals surface area contributed by atoms with Gasteiger partial charge in [0, 0.05) is 17.5 Å². The molecule has 16 heavy (non-hydrogen) atoms. The summed E-state index contributed by atoms with van der Waals surface area (Å²) in [5, 5.41) is 10.7. The van der Waals surface area contributed by atoms with E-state index in [0.29, 0.717) is 11.4 Å². The topological polar surface area (TPSA) is 68.4 Å². The second-order valence-electron chi connectivity index (χ2n) is 3.53. The fraction of sp³-hybridized carbons (Fsp3) is 0.250. The molecule has 1 unspecified atom stereocenters. The number of aliphatic hydroxyl groups excluding tert-OH is 1. The smallest absolute Gasteiger partial charge is 0.219 e. The molecule has 3 N–H and O–H groups in total. The lowest BCUT2D eigenvalue weighted by atomic mass is 10.1. The number of ether oxygens (including phenoxy) is 1. The maximum Gasteiger partial charge on any atom is 0.219 e. The van der Waals surface area contributed by atoms with E-state index in [-0.39, 0.29) is 6.54 Å². The van der Waals surface area contributed by atoms with Crippen molar-refractivity contribution >= 4 is 10.9 Å². The minimum atomic E-state index is -0.743. The van der Waals surface area contributed by atoms with Crippen LogP contribution in [0.2, 0.25) is 0 Å². The Balaban J connectivity index is 2.62. The summed E-state index contributed by atoms with van der Waals surface area (Å²) in [5.41, 5.74) is 6.91. The van der Waals surface area contributed by atoms with Gasteiger partial charge in [-0.1, -0.05) is 18.2 Å². The number of aliphatic hydroxyl groups is 1. The number of methoxy groups -OCH3 is 1. The highest BCUT2D eigenvalue weighted by molar-refractivity contribution is 5.80. The van der Waals surface area contributed by atoms with Crippen molar-refractivity contribution in [2.75, 3.05) is 13.7 Å². The van der Waals surface area contributed by atoms with Gasteiger partial charge in [0.15, 0.2) is 0 Å². The molecular formula is C12H14N2O2. The van der Waals surface area contributed by atoms with Crippen molar-refractivity contribution in [2.45, 2.75) is 6.10 Å². The summed E-state index contributed by atoms with van der Waals surface area (Å²) >= 11 is 0. The van der Waals surface area contributed by atoms with Gasteiger partial charge in [-0.2, -0.15) is 0 Å². The Kier molecular flexibility index (Phi) is 3.03. The van der Waals surface area contributed by atoms with Gasteiger partial charge >= 0.3 is 0 Å². The van der Waals surface area contributed by atoms with Crippen LogP contribution in [0.4, 0.5) is 0 Å². The van der Waals surface area contributed by atoms with Crippen molar-refractivity contribution in [2.24, 2.45) is 5.73 Å². The first-order chi connectivity index (χ1) is 7.76. The van der Waals surface area contributed by atoms with E-state index in [4.69, 9.17) is 10.5 Å². The molecule has 4 heteroatoms. The second kappa shape index (κ2) is 4.47. The largest absolute Gasteiger partial charge is 0.481 e. The van der Waals surface area contributed by atoms with Crippen LogP contribution in [0.3, 0.4) is 0 Å². The standard InChI is InChI=1S/C12H14N2O2/c1-16-12-9(11(15)7-13)6-8-4-2-3-5-10(8)14-12/h2-6,11,15H,7,13H2,1H3. The summed E-state index contributed by atoms with van der Waals surface area (Å²) < 4.78 is 5.15. The molecule has 1 aromatic carbocycles. The Bertz CT molecular complexity index is 499. The van der Waals surface area contributed by atoms with Crippen LogP contribution >= 0.6 is 0 Å². The van der Waals surface area contributed by atoms with Gasteiger partial charge in [0.05, 0.1) is 18.7 Å². The van der Waals surface area contributed by atoms with Gasteiger partial charge in [0.25, 0.3) is 0 Å². The zero-order valence-electron chi connectivity index (χ0n) is 9.05. The predicted molar refractivity (Wildman–Crippen MR) is 62.3 cm³/mol. The third-order valence-corrected chi connectivity index (χ3v) is 2.49. The molecule has 2 aromatic rings. The van der Waals surface area contributed by atoms with Crippen molar-refractivity contribution in [3.8, 4) is 5.88 Å². The second-order valence-corrected chi connectivity index (χ2v) is 3.53. The molecule has 1 atom stereocenters. The Labute approximate surface area is 93.7 Å². The average molecular weight is 218 g/mol. The van der Waals surface area contributed by atoms with E-state index in [9.17, 15) is 5.11 Å². The first kappa shape index (κ1) is 10.9. The monoisotopic (exact) mass is 218 g/mol. The zero-order valence-corrected chi connectivity index (χ0v) is 9.05. The molecular weight excluding hydrogens is 204 g/mol. The summed E-state index contributed by atoms with van der Waals surface area (Å²) in [6.07, 6.45) is -0.743. The third kappa shape index (κ3) is 1.85. The van der Waals surface area contributed by atoms with Crippen molar-refractivity contribution < 1.29 is 9.84 Å². The number of para-hydroxylation sites is 1. The maximum atomic E-state index is 9.76. The molecule has 0 spiro atoms. The minimum Gasteiger partial charge on any atom is -0.481 e. The number of hydrogen-bond donors (Lipinski definition) is 2. The van der Waals surface area contributed by atoms with Gasteiger partial charge in [0.1, 0.15) is 0 Å². The molecule has 84 valence electrons. The maximum absolute atomic E-state index is 9.76. The number of benzene rings is 1. The molecule has 0 aliphatic rings. The summed E-state index contributed by atoms with van der Waals surface area (Å²) in [7, 11) is 1.53. The number of rotatable bonds is 3. The number of aromatic nitrogens is 1. The van der Waals surface area contributed by atoms with Gasteiger partial charge in [0.2, 0.25) is 5.88 Å². The normalized spacial score (nSPS) is 12.7. The summed E-state index contributed by atoms with van der Waals surface area (Å²) in [6.45, 7) is 0.149. The molecule has 0 amide bonds. The molecule has 1 heterocycles. The molecule has 0 aliphatic heterocycles. The van der Waals surface area contributed by atoms with Gasteiger partial charge in [-0.25, -0.2) is 4.98 Å². The molecule has 0 saturated heterocycles. The third-order valence-electron chi connectivity index (χ3n) is 2.49. The van der Waals surface area contributed by atoms with Crippen LogP contribution < -0.4 is 10.5 Å². The van der Waals surface area contributed by atoms with Gasteiger partial charge < -0.3 is 15.6 Å². The number of fused-ring (bicyclic) bond motifs is 1. The molecule has 1 aromatic heterocycles. The van der Waals surface area contributed by atoms with E-state index in [1.807, 2.05) is 30.3 Å². The Morgan fingerprint density at radius 1 is 1.44 bits per heavy atom. The SMILES string of the molecule is COc1nc2ccccc2cc1C(O)CN. The molecule has 4 nitrogen and oxygen atoms in total. The van der Waals surface area contributed by atoms with Crippen molar-refractivity contribution in [3.05, 3.63) is 35.9 Å². The van der Waals surface area contributed by atoms with E-state index in [2.05, 4.69) is 4.98 Å². The highest BCUT2D eigenvalue weighted by Gasteiger charge is 2.14. The summed E-state index contributed by atoms with van der Waals surface area (Å²) in [5.74, 6) is 0.427. The van der Waals surface area contributed by atoms with E-state index < -0.39 is 6.10 Å². The van der Waals surface area contributed by atoms with Gasteiger partial charge in [-0.3, -0.25) is 0 Å². The van der Waals surface area contributed by atoms with E-state index in [1.165, 1.54) is 7.11 Å². The average Bonchev–Trinajstić information content (AvgIpc) is 2.36. The molecule has 0 fully saturated rings. The van der Waals surface area contributed by atoms with Crippen LogP contribution in [0.5, 0.6) is 5.88 Å².